The molecule has 0 unspecified atom stereocenters. The third-order valence-electron chi connectivity index (χ3n) is 3.59. The molecule has 4 heteroatoms. The molecule has 0 atom stereocenters. The lowest BCUT2D eigenvalue weighted by Gasteiger charge is -2.20. The van der Waals surface area contributed by atoms with Crippen LogP contribution in [0.2, 0.25) is 0 Å². The third kappa shape index (κ3) is 1.92. The van der Waals surface area contributed by atoms with E-state index in [2.05, 4.69) is 22.9 Å². The predicted octanol–water partition coefficient (Wildman–Crippen LogP) is 3.46. The Morgan fingerprint density at radius 1 is 1.39 bits per heavy atom. The van der Waals surface area contributed by atoms with Gasteiger partial charge in [0.25, 0.3) is 0 Å². The molecule has 0 spiro atoms. The van der Waals surface area contributed by atoms with Crippen LogP contribution in [0.1, 0.15) is 39.2 Å². The molecule has 3 nitrogen and oxygen atoms in total. The number of anilines is 2. The SMILES string of the molecule is CCCCN1C(=O)C(C)(C)c2cc(Br)c(N)cc21. The topological polar surface area (TPSA) is 46.3 Å². The molecule has 1 aliphatic rings. The molecule has 0 aromatic heterocycles. The van der Waals surface area contributed by atoms with Crippen molar-refractivity contribution in [3.8, 4) is 0 Å². The van der Waals surface area contributed by atoms with E-state index in [1.807, 2.05) is 30.9 Å². The maximum Gasteiger partial charge on any atom is 0.237 e. The lowest BCUT2D eigenvalue weighted by Crippen LogP contribution is -2.36. The van der Waals surface area contributed by atoms with Crippen LogP contribution in [0.5, 0.6) is 0 Å². The van der Waals surface area contributed by atoms with E-state index in [9.17, 15) is 4.79 Å². The Kier molecular flexibility index (Phi) is 3.41. The molecule has 0 fully saturated rings. The van der Waals surface area contributed by atoms with Crippen LogP contribution in [0.15, 0.2) is 16.6 Å². The summed E-state index contributed by atoms with van der Waals surface area (Å²) < 4.78 is 0.861. The van der Waals surface area contributed by atoms with Gasteiger partial charge in [0.2, 0.25) is 5.91 Å². The summed E-state index contributed by atoms with van der Waals surface area (Å²) in [5.74, 6) is 0.170. The molecular weight excluding hydrogens is 292 g/mol. The highest BCUT2D eigenvalue weighted by Gasteiger charge is 2.43. The zero-order valence-electron chi connectivity index (χ0n) is 11.1. The Labute approximate surface area is 116 Å². The molecule has 1 amide bonds. The van der Waals surface area contributed by atoms with Crippen LogP contribution in [0.25, 0.3) is 0 Å². The number of benzene rings is 1. The molecule has 0 aliphatic carbocycles. The smallest absolute Gasteiger partial charge is 0.237 e. The normalized spacial score (nSPS) is 17.1. The molecule has 0 bridgehead atoms. The van der Waals surface area contributed by atoms with Gasteiger partial charge < -0.3 is 10.6 Å². The monoisotopic (exact) mass is 310 g/mol. The van der Waals surface area contributed by atoms with Crippen LogP contribution >= 0.6 is 15.9 Å². The minimum absolute atomic E-state index is 0.170. The number of amides is 1. The second kappa shape index (κ2) is 4.57. The van der Waals surface area contributed by atoms with Crippen molar-refractivity contribution in [3.63, 3.8) is 0 Å². The van der Waals surface area contributed by atoms with Crippen LogP contribution in [-0.4, -0.2) is 12.5 Å². The number of hydrogen-bond donors (Lipinski definition) is 1. The van der Waals surface area contributed by atoms with Crippen LogP contribution < -0.4 is 10.6 Å². The molecule has 1 aliphatic heterocycles. The number of fused-ring (bicyclic) bond motifs is 1. The zero-order chi connectivity index (χ0) is 13.5. The van der Waals surface area contributed by atoms with Crippen molar-refractivity contribution < 1.29 is 4.79 Å². The van der Waals surface area contributed by atoms with Crippen LogP contribution in [-0.2, 0) is 10.2 Å². The van der Waals surface area contributed by atoms with Crippen molar-refractivity contribution in [2.45, 2.75) is 39.0 Å². The fourth-order valence-electron chi connectivity index (χ4n) is 2.40. The fourth-order valence-corrected chi connectivity index (χ4v) is 2.75. The zero-order valence-corrected chi connectivity index (χ0v) is 12.7. The predicted molar refractivity (Wildman–Crippen MR) is 78.8 cm³/mol. The van der Waals surface area contributed by atoms with Crippen LogP contribution in [0.3, 0.4) is 0 Å². The summed E-state index contributed by atoms with van der Waals surface area (Å²) >= 11 is 3.44. The highest BCUT2D eigenvalue weighted by atomic mass is 79.9. The standard InChI is InChI=1S/C14H19BrN2O/c1-4-5-6-17-12-8-11(16)10(15)7-9(12)14(2,3)13(17)18/h7-8H,4-6,16H2,1-3H3. The van der Waals surface area contributed by atoms with Crippen LogP contribution in [0, 0.1) is 0 Å². The van der Waals surface area contributed by atoms with Gasteiger partial charge in [-0.1, -0.05) is 13.3 Å². The summed E-state index contributed by atoms with van der Waals surface area (Å²) in [4.78, 5) is 14.4. The molecule has 0 saturated carbocycles. The molecule has 2 rings (SSSR count). The lowest BCUT2D eigenvalue weighted by atomic mass is 9.86. The van der Waals surface area contributed by atoms with Gasteiger partial charge in [0.05, 0.1) is 11.1 Å². The maximum atomic E-state index is 12.5. The van der Waals surface area contributed by atoms with E-state index < -0.39 is 5.41 Å². The van der Waals surface area contributed by atoms with Crippen molar-refractivity contribution in [2.75, 3.05) is 17.2 Å². The van der Waals surface area contributed by atoms with Gasteiger partial charge in [-0.3, -0.25) is 4.79 Å². The summed E-state index contributed by atoms with van der Waals surface area (Å²) in [5.41, 5.74) is 8.19. The molecule has 2 N–H and O–H groups in total. The Morgan fingerprint density at radius 2 is 2.06 bits per heavy atom. The molecule has 0 saturated heterocycles. The summed E-state index contributed by atoms with van der Waals surface area (Å²) in [6, 6.07) is 3.89. The van der Waals surface area contributed by atoms with E-state index in [1.165, 1.54) is 0 Å². The summed E-state index contributed by atoms with van der Waals surface area (Å²) in [6.07, 6.45) is 2.09. The van der Waals surface area contributed by atoms with Crippen molar-refractivity contribution in [1.82, 2.24) is 0 Å². The minimum atomic E-state index is -0.459. The number of carbonyl (C=O) groups is 1. The van der Waals surface area contributed by atoms with Gasteiger partial charge in [-0.25, -0.2) is 0 Å². The molecule has 1 aromatic rings. The number of nitrogens with two attached hydrogens (primary N) is 1. The molecule has 18 heavy (non-hydrogen) atoms. The van der Waals surface area contributed by atoms with Gasteiger partial charge in [-0.15, -0.1) is 0 Å². The first-order valence-electron chi connectivity index (χ1n) is 6.31. The second-order valence-corrected chi connectivity index (χ2v) is 6.18. The minimum Gasteiger partial charge on any atom is -0.398 e. The number of rotatable bonds is 3. The molecular formula is C14H19BrN2O. The number of unbranched alkanes of at least 4 members (excludes halogenated alkanes) is 1. The number of halogens is 1. The Bertz CT molecular complexity index is 497. The first-order chi connectivity index (χ1) is 8.39. The highest BCUT2D eigenvalue weighted by Crippen LogP contribution is 2.44. The van der Waals surface area contributed by atoms with Crippen molar-refractivity contribution in [3.05, 3.63) is 22.2 Å². The van der Waals surface area contributed by atoms with Gasteiger partial charge in [-0.05, 0) is 53.9 Å². The van der Waals surface area contributed by atoms with E-state index in [0.717, 1.165) is 35.1 Å². The highest BCUT2D eigenvalue weighted by molar-refractivity contribution is 9.10. The number of hydrogen-bond acceptors (Lipinski definition) is 2. The second-order valence-electron chi connectivity index (χ2n) is 5.33. The first-order valence-corrected chi connectivity index (χ1v) is 7.10. The summed E-state index contributed by atoms with van der Waals surface area (Å²) in [7, 11) is 0. The lowest BCUT2D eigenvalue weighted by molar-refractivity contribution is -0.122. The van der Waals surface area contributed by atoms with Gasteiger partial charge in [0.15, 0.2) is 0 Å². The Morgan fingerprint density at radius 3 is 2.67 bits per heavy atom. The van der Waals surface area contributed by atoms with Gasteiger partial charge in [0.1, 0.15) is 0 Å². The molecule has 0 radical (unpaired) electrons. The quantitative estimate of drug-likeness (QED) is 0.869. The average Bonchev–Trinajstić information content (AvgIpc) is 2.48. The third-order valence-corrected chi connectivity index (χ3v) is 4.28. The Balaban J connectivity index is 2.51. The van der Waals surface area contributed by atoms with Gasteiger partial charge >= 0.3 is 0 Å². The van der Waals surface area contributed by atoms with Crippen molar-refractivity contribution >= 4 is 33.2 Å². The number of carbonyl (C=O) groups excluding carboxylic acids is 1. The van der Waals surface area contributed by atoms with Gasteiger partial charge in [-0.2, -0.15) is 0 Å². The summed E-state index contributed by atoms with van der Waals surface area (Å²) in [5, 5.41) is 0. The molecule has 98 valence electrons. The molecule has 1 aromatic carbocycles. The summed E-state index contributed by atoms with van der Waals surface area (Å²) in [6.45, 7) is 6.85. The molecule has 1 heterocycles. The van der Waals surface area contributed by atoms with E-state index in [0.29, 0.717) is 5.69 Å². The largest absolute Gasteiger partial charge is 0.398 e. The van der Waals surface area contributed by atoms with Gasteiger partial charge in [0, 0.05) is 16.7 Å². The van der Waals surface area contributed by atoms with Crippen molar-refractivity contribution in [1.29, 1.82) is 0 Å². The first kappa shape index (κ1) is 13.4. The van der Waals surface area contributed by atoms with Crippen LogP contribution in [0.4, 0.5) is 11.4 Å². The van der Waals surface area contributed by atoms with E-state index in [4.69, 9.17) is 5.73 Å². The van der Waals surface area contributed by atoms with E-state index in [-0.39, 0.29) is 5.91 Å². The Hall–Kier alpha value is -1.03. The average molecular weight is 311 g/mol. The maximum absolute atomic E-state index is 12.5. The fraction of sp³-hybridized carbons (Fsp3) is 0.500. The van der Waals surface area contributed by atoms with E-state index >= 15 is 0 Å². The van der Waals surface area contributed by atoms with E-state index in [1.54, 1.807) is 0 Å². The number of nitrogens with zero attached hydrogens (tertiary/aromatic N) is 1. The van der Waals surface area contributed by atoms with Crippen molar-refractivity contribution in [2.24, 2.45) is 0 Å². The number of nitrogen functional groups attached to an aromatic ring is 1.